The van der Waals surface area contributed by atoms with E-state index in [0.717, 1.165) is 0 Å². The fraction of sp³-hybridized carbons (Fsp3) is 0.0833. The van der Waals surface area contributed by atoms with Crippen LogP contribution >= 0.6 is 0 Å². The van der Waals surface area contributed by atoms with Crippen LogP contribution in [0.15, 0.2) is 34.9 Å². The fourth-order valence-electron chi connectivity index (χ4n) is 1.45. The topological polar surface area (TPSA) is 82.2 Å². The molecule has 1 aromatic carbocycles. The summed E-state index contributed by atoms with van der Waals surface area (Å²) in [5.41, 5.74) is 13.9. The molecule has 0 radical (unpaired) electrons. The maximum absolute atomic E-state index is 11.1. The molecule has 4 N–H and O–H groups in total. The lowest BCUT2D eigenvalue weighted by Gasteiger charge is -2.02. The zero-order valence-corrected chi connectivity index (χ0v) is 8.86. The Labute approximate surface area is 92.9 Å². The first-order valence-corrected chi connectivity index (χ1v) is 4.83. The highest BCUT2D eigenvalue weighted by Gasteiger charge is 2.10. The summed E-state index contributed by atoms with van der Waals surface area (Å²) in [5.74, 6) is 0.507. The van der Waals surface area contributed by atoms with E-state index in [1.807, 2.05) is 0 Å². The van der Waals surface area contributed by atoms with Crippen molar-refractivity contribution < 1.29 is 9.21 Å². The van der Waals surface area contributed by atoms with E-state index in [1.54, 1.807) is 24.3 Å². The minimum absolute atomic E-state index is 0.0440. The Balaban J connectivity index is 2.50. The maximum atomic E-state index is 11.1. The number of hydrogen-bond acceptors (Lipinski definition) is 4. The van der Waals surface area contributed by atoms with Crippen LogP contribution in [0.5, 0.6) is 0 Å². The predicted molar refractivity (Wildman–Crippen MR) is 63.0 cm³/mol. The van der Waals surface area contributed by atoms with Gasteiger partial charge in [-0.15, -0.1) is 0 Å². The molecule has 0 saturated heterocycles. The number of nitrogens with two attached hydrogens (primary N) is 2. The summed E-state index contributed by atoms with van der Waals surface area (Å²) in [5, 5.41) is 0. The first-order valence-electron chi connectivity index (χ1n) is 4.83. The van der Waals surface area contributed by atoms with E-state index >= 15 is 0 Å². The molecule has 1 aromatic heterocycles. The lowest BCUT2D eigenvalue weighted by atomic mass is 10.1. The van der Waals surface area contributed by atoms with Crippen LogP contribution in [0.3, 0.4) is 0 Å². The van der Waals surface area contributed by atoms with E-state index < -0.39 is 0 Å². The summed E-state index contributed by atoms with van der Waals surface area (Å²) in [7, 11) is 0. The van der Waals surface area contributed by atoms with Crippen LogP contribution in [0, 0.1) is 0 Å². The summed E-state index contributed by atoms with van der Waals surface area (Å²) in [6.45, 7) is 1.48. The van der Waals surface area contributed by atoms with E-state index in [4.69, 9.17) is 15.9 Å². The number of rotatable bonds is 2. The van der Waals surface area contributed by atoms with Crippen molar-refractivity contribution in [2.45, 2.75) is 6.92 Å². The van der Waals surface area contributed by atoms with E-state index in [1.165, 1.54) is 13.2 Å². The van der Waals surface area contributed by atoms with E-state index in [9.17, 15) is 4.79 Å². The first kappa shape index (κ1) is 10.3. The van der Waals surface area contributed by atoms with Crippen molar-refractivity contribution in [1.29, 1.82) is 0 Å². The monoisotopic (exact) mass is 216 g/mol. The van der Waals surface area contributed by atoms with Crippen LogP contribution in [0.25, 0.3) is 11.3 Å². The van der Waals surface area contributed by atoms with Gasteiger partial charge in [0.15, 0.2) is 5.78 Å². The number of anilines is 2. The largest absolute Gasteiger partial charge is 0.464 e. The van der Waals surface area contributed by atoms with Gasteiger partial charge >= 0.3 is 0 Å². The molecule has 0 amide bonds. The third-order valence-corrected chi connectivity index (χ3v) is 2.35. The van der Waals surface area contributed by atoms with Gasteiger partial charge in [0.1, 0.15) is 12.0 Å². The Bertz CT molecular complexity index is 544. The number of carbonyl (C=O) groups is 1. The third-order valence-electron chi connectivity index (χ3n) is 2.35. The number of ketones is 1. The minimum Gasteiger partial charge on any atom is -0.464 e. The molecule has 4 nitrogen and oxygen atoms in total. The molecule has 0 bridgehead atoms. The van der Waals surface area contributed by atoms with Gasteiger partial charge in [0.2, 0.25) is 0 Å². The second-order valence-corrected chi connectivity index (χ2v) is 3.60. The highest BCUT2D eigenvalue weighted by molar-refractivity contribution is 5.95. The lowest BCUT2D eigenvalue weighted by molar-refractivity contribution is 0.101. The van der Waals surface area contributed by atoms with Gasteiger partial charge in [-0.3, -0.25) is 4.79 Å². The summed E-state index contributed by atoms with van der Waals surface area (Å²) >= 11 is 0. The number of carbonyl (C=O) groups excluding carboxylic acids is 1. The molecule has 0 saturated carbocycles. The molecule has 82 valence electrons. The third kappa shape index (κ3) is 1.77. The van der Waals surface area contributed by atoms with Gasteiger partial charge in [-0.25, -0.2) is 0 Å². The second-order valence-electron chi connectivity index (χ2n) is 3.60. The number of hydrogen-bond donors (Lipinski definition) is 2. The van der Waals surface area contributed by atoms with E-state index in [-0.39, 0.29) is 5.78 Å². The van der Waals surface area contributed by atoms with Crippen molar-refractivity contribution in [3.8, 4) is 11.3 Å². The smallest absolute Gasteiger partial charge is 0.163 e. The molecule has 0 fully saturated rings. The molecule has 0 aliphatic carbocycles. The van der Waals surface area contributed by atoms with Gasteiger partial charge in [-0.1, -0.05) is 0 Å². The second kappa shape index (κ2) is 3.73. The summed E-state index contributed by atoms with van der Waals surface area (Å²) in [6, 6.07) is 6.81. The molecule has 16 heavy (non-hydrogen) atoms. The molecule has 0 spiro atoms. The zero-order valence-electron chi connectivity index (χ0n) is 8.86. The van der Waals surface area contributed by atoms with Gasteiger partial charge in [0.05, 0.1) is 5.56 Å². The fourth-order valence-corrected chi connectivity index (χ4v) is 1.45. The van der Waals surface area contributed by atoms with Crippen LogP contribution < -0.4 is 11.5 Å². The Morgan fingerprint density at radius 3 is 2.62 bits per heavy atom. The van der Waals surface area contributed by atoms with Gasteiger partial charge in [-0.05, 0) is 31.2 Å². The Morgan fingerprint density at radius 2 is 2.00 bits per heavy atom. The van der Waals surface area contributed by atoms with Crippen molar-refractivity contribution in [2.75, 3.05) is 11.5 Å². The van der Waals surface area contributed by atoms with Crippen molar-refractivity contribution in [1.82, 2.24) is 0 Å². The molecule has 0 unspecified atom stereocenters. The molecule has 0 aliphatic heterocycles. The molecule has 4 heteroatoms. The number of furan rings is 1. The molecule has 0 aliphatic rings. The SMILES string of the molecule is CC(=O)c1coc(-c2cc(N)ccc2N)c1. The van der Waals surface area contributed by atoms with Gasteiger partial charge in [0, 0.05) is 16.9 Å². The average Bonchev–Trinajstić information content (AvgIpc) is 2.70. The normalized spacial score (nSPS) is 10.3. The predicted octanol–water partition coefficient (Wildman–Crippen LogP) is 2.31. The maximum Gasteiger partial charge on any atom is 0.163 e. The number of Topliss-reactive ketones (excluding diaryl/α,β-unsaturated/α-hetero) is 1. The molecular formula is C12H12N2O2. The quantitative estimate of drug-likeness (QED) is 0.596. The first-order chi connectivity index (χ1) is 7.58. The molecule has 1 heterocycles. The van der Waals surface area contributed by atoms with Crippen molar-refractivity contribution >= 4 is 17.2 Å². The molecule has 2 aromatic rings. The van der Waals surface area contributed by atoms with Gasteiger partial charge in [0.25, 0.3) is 0 Å². The molecule has 0 atom stereocenters. The Morgan fingerprint density at radius 1 is 1.25 bits per heavy atom. The molecule has 2 rings (SSSR count). The van der Waals surface area contributed by atoms with Crippen LogP contribution in [0.1, 0.15) is 17.3 Å². The summed E-state index contributed by atoms with van der Waals surface area (Å²) in [4.78, 5) is 11.1. The highest BCUT2D eigenvalue weighted by atomic mass is 16.3. The minimum atomic E-state index is -0.0440. The summed E-state index contributed by atoms with van der Waals surface area (Å²) in [6.07, 6.45) is 1.42. The summed E-state index contributed by atoms with van der Waals surface area (Å²) < 4.78 is 5.29. The van der Waals surface area contributed by atoms with Crippen LogP contribution in [-0.2, 0) is 0 Å². The zero-order chi connectivity index (χ0) is 11.7. The van der Waals surface area contributed by atoms with E-state index in [2.05, 4.69) is 0 Å². The highest BCUT2D eigenvalue weighted by Crippen LogP contribution is 2.29. The number of benzene rings is 1. The van der Waals surface area contributed by atoms with Gasteiger partial charge < -0.3 is 15.9 Å². The average molecular weight is 216 g/mol. The standard InChI is InChI=1S/C12H12N2O2/c1-7(15)8-4-12(16-6-8)10-5-9(13)2-3-11(10)14/h2-6H,13-14H2,1H3. The van der Waals surface area contributed by atoms with Gasteiger partial charge in [-0.2, -0.15) is 0 Å². The Kier molecular flexibility index (Phi) is 2.40. The molecular weight excluding hydrogens is 204 g/mol. The van der Waals surface area contributed by atoms with Crippen LogP contribution in [-0.4, -0.2) is 5.78 Å². The van der Waals surface area contributed by atoms with Crippen molar-refractivity contribution in [3.63, 3.8) is 0 Å². The lowest BCUT2D eigenvalue weighted by Crippen LogP contribution is -1.92. The van der Waals surface area contributed by atoms with Crippen LogP contribution in [0.2, 0.25) is 0 Å². The Hall–Kier alpha value is -2.23. The van der Waals surface area contributed by atoms with Crippen LogP contribution in [0.4, 0.5) is 11.4 Å². The van der Waals surface area contributed by atoms with E-state index in [0.29, 0.717) is 28.3 Å². The van der Waals surface area contributed by atoms with Crippen molar-refractivity contribution in [2.24, 2.45) is 0 Å². The number of nitrogen functional groups attached to an aromatic ring is 2. The van der Waals surface area contributed by atoms with Crippen molar-refractivity contribution in [3.05, 3.63) is 36.1 Å².